The Labute approximate surface area is 158 Å². The molecule has 0 saturated carbocycles. The van der Waals surface area contributed by atoms with Crippen LogP contribution in [0.25, 0.3) is 0 Å². The van der Waals surface area contributed by atoms with Gasteiger partial charge < -0.3 is 5.32 Å². The molecule has 1 heterocycles. The fourth-order valence-electron chi connectivity index (χ4n) is 2.84. The molecule has 28 heavy (non-hydrogen) atoms. The SMILES string of the molecule is Cc1nn(Cc2cccc(C(F)(F)F)c2)c(C)c1NC(=O)c1ccc(F)cc1. The molecule has 8 heteroatoms. The first-order valence-corrected chi connectivity index (χ1v) is 8.42. The topological polar surface area (TPSA) is 46.9 Å². The van der Waals surface area contributed by atoms with E-state index in [2.05, 4.69) is 10.4 Å². The lowest BCUT2D eigenvalue weighted by Crippen LogP contribution is -2.13. The molecule has 3 rings (SSSR count). The number of hydrogen-bond acceptors (Lipinski definition) is 2. The normalized spacial score (nSPS) is 11.5. The van der Waals surface area contributed by atoms with E-state index in [1.807, 2.05) is 0 Å². The Kier molecular flexibility index (Phi) is 5.22. The number of nitrogens with zero attached hydrogens (tertiary/aromatic N) is 2. The predicted molar refractivity (Wildman–Crippen MR) is 96.6 cm³/mol. The third-order valence-corrected chi connectivity index (χ3v) is 4.31. The second-order valence-electron chi connectivity index (χ2n) is 6.36. The van der Waals surface area contributed by atoms with Gasteiger partial charge in [-0.15, -0.1) is 0 Å². The third kappa shape index (κ3) is 4.21. The Hall–Kier alpha value is -3.16. The highest BCUT2D eigenvalue weighted by atomic mass is 19.4. The smallest absolute Gasteiger partial charge is 0.319 e. The van der Waals surface area contributed by atoms with Gasteiger partial charge in [0.05, 0.1) is 29.2 Å². The van der Waals surface area contributed by atoms with Crippen LogP contribution in [0.5, 0.6) is 0 Å². The van der Waals surface area contributed by atoms with Gasteiger partial charge >= 0.3 is 6.18 Å². The number of anilines is 1. The van der Waals surface area contributed by atoms with Crippen LogP contribution >= 0.6 is 0 Å². The predicted octanol–water partition coefficient (Wildman–Crippen LogP) is 4.96. The van der Waals surface area contributed by atoms with E-state index in [0.29, 0.717) is 22.6 Å². The van der Waals surface area contributed by atoms with Crippen LogP contribution in [0, 0.1) is 19.7 Å². The highest BCUT2D eigenvalue weighted by molar-refractivity contribution is 6.04. The number of carbonyl (C=O) groups excluding carboxylic acids is 1. The maximum Gasteiger partial charge on any atom is 0.416 e. The number of halogens is 4. The van der Waals surface area contributed by atoms with E-state index in [1.54, 1.807) is 19.9 Å². The fourth-order valence-corrected chi connectivity index (χ4v) is 2.84. The summed E-state index contributed by atoms with van der Waals surface area (Å²) in [6.07, 6.45) is -4.42. The lowest BCUT2D eigenvalue weighted by atomic mass is 10.1. The number of carbonyl (C=O) groups is 1. The Bertz CT molecular complexity index is 1010. The number of aryl methyl sites for hydroxylation is 1. The summed E-state index contributed by atoms with van der Waals surface area (Å²) in [5.41, 5.74) is 1.60. The molecule has 3 aromatic rings. The van der Waals surface area contributed by atoms with Gasteiger partial charge in [-0.3, -0.25) is 9.48 Å². The average molecular weight is 391 g/mol. The Morgan fingerprint density at radius 1 is 1.11 bits per heavy atom. The van der Waals surface area contributed by atoms with Crippen molar-refractivity contribution in [3.05, 3.63) is 82.4 Å². The Morgan fingerprint density at radius 2 is 1.79 bits per heavy atom. The molecule has 0 aliphatic rings. The molecule has 2 aromatic carbocycles. The Balaban J connectivity index is 1.82. The summed E-state index contributed by atoms with van der Waals surface area (Å²) in [6, 6.07) is 10.1. The second kappa shape index (κ2) is 7.46. The number of alkyl halides is 3. The van der Waals surface area contributed by atoms with Crippen molar-refractivity contribution in [2.45, 2.75) is 26.6 Å². The van der Waals surface area contributed by atoms with E-state index in [0.717, 1.165) is 12.1 Å². The van der Waals surface area contributed by atoms with Gasteiger partial charge in [-0.1, -0.05) is 12.1 Å². The monoisotopic (exact) mass is 391 g/mol. The molecule has 0 saturated heterocycles. The van der Waals surface area contributed by atoms with Gasteiger partial charge in [0.25, 0.3) is 5.91 Å². The number of rotatable bonds is 4. The minimum Gasteiger partial charge on any atom is -0.319 e. The zero-order valence-electron chi connectivity index (χ0n) is 15.1. The van der Waals surface area contributed by atoms with Crippen molar-refractivity contribution in [3.63, 3.8) is 0 Å². The molecule has 0 unspecified atom stereocenters. The van der Waals surface area contributed by atoms with Crippen molar-refractivity contribution < 1.29 is 22.4 Å². The molecule has 0 bridgehead atoms. The fraction of sp³-hybridized carbons (Fsp3) is 0.200. The van der Waals surface area contributed by atoms with Crippen LogP contribution in [0.1, 0.15) is 32.9 Å². The van der Waals surface area contributed by atoms with Gasteiger partial charge in [-0.25, -0.2) is 4.39 Å². The maximum atomic E-state index is 13.0. The van der Waals surface area contributed by atoms with Crippen LogP contribution in [-0.4, -0.2) is 15.7 Å². The Morgan fingerprint density at radius 3 is 2.43 bits per heavy atom. The molecule has 1 aromatic heterocycles. The summed E-state index contributed by atoms with van der Waals surface area (Å²) in [6.45, 7) is 3.53. The van der Waals surface area contributed by atoms with E-state index in [-0.39, 0.29) is 12.1 Å². The minimum absolute atomic E-state index is 0.128. The molecule has 0 fully saturated rings. The van der Waals surface area contributed by atoms with Crippen molar-refractivity contribution >= 4 is 11.6 Å². The molecule has 1 amide bonds. The number of hydrogen-bond donors (Lipinski definition) is 1. The molecular weight excluding hydrogens is 374 g/mol. The summed E-state index contributed by atoms with van der Waals surface area (Å²) in [5, 5.41) is 7.05. The first kappa shape index (κ1) is 19.6. The quantitative estimate of drug-likeness (QED) is 0.639. The van der Waals surface area contributed by atoms with Crippen LogP contribution in [0.3, 0.4) is 0 Å². The third-order valence-electron chi connectivity index (χ3n) is 4.31. The number of nitrogens with one attached hydrogen (secondary N) is 1. The lowest BCUT2D eigenvalue weighted by molar-refractivity contribution is -0.137. The standard InChI is InChI=1S/C20H17F4N3O/c1-12-18(25-19(28)15-6-8-17(21)9-7-15)13(2)27(26-12)11-14-4-3-5-16(10-14)20(22,23)24/h3-10H,11H2,1-2H3,(H,25,28). The van der Waals surface area contributed by atoms with Crippen molar-refractivity contribution in [1.29, 1.82) is 0 Å². The molecule has 1 N–H and O–H groups in total. The summed E-state index contributed by atoms with van der Waals surface area (Å²) in [5.74, 6) is -0.873. The lowest BCUT2D eigenvalue weighted by Gasteiger charge is -2.10. The van der Waals surface area contributed by atoms with E-state index in [1.165, 1.54) is 35.0 Å². The summed E-state index contributed by atoms with van der Waals surface area (Å²) in [4.78, 5) is 12.4. The molecule has 4 nitrogen and oxygen atoms in total. The zero-order valence-corrected chi connectivity index (χ0v) is 15.1. The van der Waals surface area contributed by atoms with Gasteiger partial charge in [0.2, 0.25) is 0 Å². The largest absolute Gasteiger partial charge is 0.416 e. The molecule has 146 valence electrons. The number of benzene rings is 2. The van der Waals surface area contributed by atoms with Crippen LogP contribution in [-0.2, 0) is 12.7 Å². The highest BCUT2D eigenvalue weighted by Gasteiger charge is 2.30. The first-order valence-electron chi connectivity index (χ1n) is 8.42. The van der Waals surface area contributed by atoms with Crippen molar-refractivity contribution in [2.75, 3.05) is 5.32 Å². The van der Waals surface area contributed by atoms with E-state index >= 15 is 0 Å². The van der Waals surface area contributed by atoms with Gasteiger partial charge in [-0.2, -0.15) is 18.3 Å². The van der Waals surface area contributed by atoms with Crippen LogP contribution in [0.4, 0.5) is 23.2 Å². The molecule has 0 radical (unpaired) electrons. The first-order chi connectivity index (χ1) is 13.1. The summed E-state index contributed by atoms with van der Waals surface area (Å²) < 4.78 is 53.2. The molecule has 0 aliphatic heterocycles. The number of amides is 1. The van der Waals surface area contributed by atoms with Crippen molar-refractivity contribution in [2.24, 2.45) is 0 Å². The van der Waals surface area contributed by atoms with Crippen LogP contribution in [0.2, 0.25) is 0 Å². The van der Waals surface area contributed by atoms with Crippen LogP contribution < -0.4 is 5.32 Å². The van der Waals surface area contributed by atoms with E-state index < -0.39 is 23.5 Å². The van der Waals surface area contributed by atoms with Gasteiger partial charge in [0, 0.05) is 5.56 Å². The summed E-state index contributed by atoms with van der Waals surface area (Å²) in [7, 11) is 0. The van der Waals surface area contributed by atoms with Crippen LogP contribution in [0.15, 0.2) is 48.5 Å². The molecule has 0 spiro atoms. The van der Waals surface area contributed by atoms with Gasteiger partial charge in [0.1, 0.15) is 5.82 Å². The van der Waals surface area contributed by atoms with Crippen molar-refractivity contribution in [3.8, 4) is 0 Å². The molecule has 0 atom stereocenters. The second-order valence-corrected chi connectivity index (χ2v) is 6.36. The van der Waals surface area contributed by atoms with Gasteiger partial charge in [-0.05, 0) is 55.8 Å². The van der Waals surface area contributed by atoms with E-state index in [4.69, 9.17) is 0 Å². The van der Waals surface area contributed by atoms with E-state index in [9.17, 15) is 22.4 Å². The molecule has 0 aliphatic carbocycles. The van der Waals surface area contributed by atoms with Crippen molar-refractivity contribution in [1.82, 2.24) is 9.78 Å². The highest BCUT2D eigenvalue weighted by Crippen LogP contribution is 2.30. The summed E-state index contributed by atoms with van der Waals surface area (Å²) >= 11 is 0. The van der Waals surface area contributed by atoms with Gasteiger partial charge in [0.15, 0.2) is 0 Å². The maximum absolute atomic E-state index is 13.0. The minimum atomic E-state index is -4.42. The zero-order chi connectivity index (χ0) is 20.5. The average Bonchev–Trinajstić information content (AvgIpc) is 2.89. The number of aromatic nitrogens is 2. The molecular formula is C20H17F4N3O.